The van der Waals surface area contributed by atoms with Crippen LogP contribution in [0.1, 0.15) is 59.3 Å². The predicted octanol–water partition coefficient (Wildman–Crippen LogP) is 4.42. The molecular formula is C14H27N. The van der Waals surface area contributed by atoms with Gasteiger partial charge in [0, 0.05) is 12.7 Å². The van der Waals surface area contributed by atoms with Crippen LogP contribution in [0.4, 0.5) is 0 Å². The molecule has 1 nitrogen and oxygen atoms in total. The van der Waals surface area contributed by atoms with E-state index in [1.165, 1.54) is 49.8 Å². The van der Waals surface area contributed by atoms with Gasteiger partial charge in [-0.1, -0.05) is 45.3 Å². The average Bonchev–Trinajstić information content (AvgIpc) is 2.26. The topological polar surface area (TPSA) is 12.0 Å². The van der Waals surface area contributed by atoms with E-state index in [-0.39, 0.29) is 0 Å². The quantitative estimate of drug-likeness (QED) is 0.461. The molecule has 0 spiro atoms. The summed E-state index contributed by atoms with van der Waals surface area (Å²) in [4.78, 5) is 0. The number of hydrogen-bond donors (Lipinski definition) is 1. The standard InChI is InChI=1S/C14H27N/c1-5-7-8-9-10-12-14(11-6-2)13(3)15-4/h10,12,15H,5-9,11H2,1-4H3/b12-10-,14-13+. The van der Waals surface area contributed by atoms with Gasteiger partial charge in [0.05, 0.1) is 0 Å². The van der Waals surface area contributed by atoms with Crippen LogP contribution in [0, 0.1) is 0 Å². The van der Waals surface area contributed by atoms with Gasteiger partial charge >= 0.3 is 0 Å². The first-order valence-electron chi connectivity index (χ1n) is 6.30. The minimum Gasteiger partial charge on any atom is -0.391 e. The van der Waals surface area contributed by atoms with Crippen LogP contribution >= 0.6 is 0 Å². The maximum Gasteiger partial charge on any atom is 0.0105 e. The van der Waals surface area contributed by atoms with E-state index in [4.69, 9.17) is 0 Å². The van der Waals surface area contributed by atoms with Gasteiger partial charge in [-0.2, -0.15) is 0 Å². The molecule has 0 unspecified atom stereocenters. The van der Waals surface area contributed by atoms with Crippen LogP contribution in [-0.2, 0) is 0 Å². The molecule has 0 amide bonds. The van der Waals surface area contributed by atoms with Crippen LogP contribution in [0.3, 0.4) is 0 Å². The summed E-state index contributed by atoms with van der Waals surface area (Å²) >= 11 is 0. The van der Waals surface area contributed by atoms with Crippen molar-refractivity contribution in [3.8, 4) is 0 Å². The van der Waals surface area contributed by atoms with Crippen LogP contribution in [0.5, 0.6) is 0 Å². The third-order valence-corrected chi connectivity index (χ3v) is 2.67. The number of allylic oxidation sites excluding steroid dienone is 4. The van der Waals surface area contributed by atoms with Gasteiger partial charge in [0.25, 0.3) is 0 Å². The number of unbranched alkanes of at least 4 members (excludes halogenated alkanes) is 3. The summed E-state index contributed by atoms with van der Waals surface area (Å²) in [6.45, 7) is 6.63. The molecule has 0 rings (SSSR count). The lowest BCUT2D eigenvalue weighted by Crippen LogP contribution is -2.04. The van der Waals surface area contributed by atoms with E-state index in [0.29, 0.717) is 0 Å². The first-order valence-corrected chi connectivity index (χ1v) is 6.30. The largest absolute Gasteiger partial charge is 0.391 e. The summed E-state index contributed by atoms with van der Waals surface area (Å²) in [5.74, 6) is 0. The van der Waals surface area contributed by atoms with Crippen LogP contribution in [0.15, 0.2) is 23.4 Å². The molecule has 0 atom stereocenters. The fourth-order valence-electron chi connectivity index (χ4n) is 1.56. The summed E-state index contributed by atoms with van der Waals surface area (Å²) in [5.41, 5.74) is 2.76. The van der Waals surface area contributed by atoms with Crippen molar-refractivity contribution in [2.45, 2.75) is 59.3 Å². The summed E-state index contributed by atoms with van der Waals surface area (Å²) < 4.78 is 0. The molecule has 0 aromatic heterocycles. The average molecular weight is 209 g/mol. The monoisotopic (exact) mass is 209 g/mol. The van der Waals surface area contributed by atoms with E-state index in [9.17, 15) is 0 Å². The van der Waals surface area contributed by atoms with Crippen LogP contribution in [-0.4, -0.2) is 7.05 Å². The second-order valence-electron chi connectivity index (χ2n) is 4.05. The van der Waals surface area contributed by atoms with Gasteiger partial charge in [-0.05, 0) is 31.8 Å². The Hall–Kier alpha value is -0.720. The second kappa shape index (κ2) is 9.82. The summed E-state index contributed by atoms with van der Waals surface area (Å²) in [6.07, 6.45) is 12.2. The highest BCUT2D eigenvalue weighted by Crippen LogP contribution is 2.11. The molecule has 0 saturated heterocycles. The highest BCUT2D eigenvalue weighted by atomic mass is 14.8. The van der Waals surface area contributed by atoms with Crippen molar-refractivity contribution < 1.29 is 0 Å². The van der Waals surface area contributed by atoms with Gasteiger partial charge in [-0.3, -0.25) is 0 Å². The SMILES string of the molecule is CCCCC/C=C\C(CCC)=C(/C)NC. The fraction of sp³-hybridized carbons (Fsp3) is 0.714. The number of hydrogen-bond acceptors (Lipinski definition) is 1. The van der Waals surface area contributed by atoms with Crippen molar-refractivity contribution >= 4 is 0 Å². The summed E-state index contributed by atoms with van der Waals surface area (Å²) in [5, 5.41) is 3.23. The Morgan fingerprint density at radius 3 is 2.40 bits per heavy atom. The predicted molar refractivity (Wildman–Crippen MR) is 69.9 cm³/mol. The maximum absolute atomic E-state index is 3.23. The van der Waals surface area contributed by atoms with Crippen molar-refractivity contribution in [3.05, 3.63) is 23.4 Å². The highest BCUT2D eigenvalue weighted by Gasteiger charge is 1.95. The zero-order chi connectivity index (χ0) is 11.5. The van der Waals surface area contributed by atoms with E-state index in [2.05, 4.69) is 38.2 Å². The zero-order valence-electron chi connectivity index (χ0n) is 10.9. The van der Waals surface area contributed by atoms with Gasteiger partial charge in [0.2, 0.25) is 0 Å². The lowest BCUT2D eigenvalue weighted by atomic mass is 10.1. The van der Waals surface area contributed by atoms with Crippen LogP contribution in [0.2, 0.25) is 0 Å². The van der Waals surface area contributed by atoms with E-state index in [1.54, 1.807) is 0 Å². The fourth-order valence-corrected chi connectivity index (χ4v) is 1.56. The minimum absolute atomic E-state index is 1.18. The van der Waals surface area contributed by atoms with Crippen molar-refractivity contribution in [2.75, 3.05) is 7.05 Å². The molecule has 0 radical (unpaired) electrons. The van der Waals surface area contributed by atoms with Gasteiger partial charge in [-0.25, -0.2) is 0 Å². The smallest absolute Gasteiger partial charge is 0.0105 e. The lowest BCUT2D eigenvalue weighted by molar-refractivity contribution is 0.728. The first-order chi connectivity index (χ1) is 7.26. The van der Waals surface area contributed by atoms with E-state index in [1.807, 2.05) is 7.05 Å². The molecule has 88 valence electrons. The molecular weight excluding hydrogens is 182 g/mol. The third-order valence-electron chi connectivity index (χ3n) is 2.67. The van der Waals surface area contributed by atoms with Gasteiger partial charge in [-0.15, -0.1) is 0 Å². The normalized spacial score (nSPS) is 13.1. The Morgan fingerprint density at radius 1 is 1.13 bits per heavy atom. The molecule has 1 N–H and O–H groups in total. The third kappa shape index (κ3) is 7.24. The van der Waals surface area contributed by atoms with Crippen molar-refractivity contribution in [2.24, 2.45) is 0 Å². The van der Waals surface area contributed by atoms with Gasteiger partial charge < -0.3 is 5.32 Å². The lowest BCUT2D eigenvalue weighted by Gasteiger charge is -2.06. The zero-order valence-corrected chi connectivity index (χ0v) is 10.9. The summed E-state index contributed by atoms with van der Waals surface area (Å²) in [7, 11) is 2.00. The molecule has 0 aliphatic rings. The van der Waals surface area contributed by atoms with Gasteiger partial charge in [0.15, 0.2) is 0 Å². The molecule has 1 heteroatoms. The molecule has 0 fully saturated rings. The highest BCUT2D eigenvalue weighted by molar-refractivity contribution is 5.23. The Bertz CT molecular complexity index is 201. The molecule has 0 bridgehead atoms. The van der Waals surface area contributed by atoms with Crippen molar-refractivity contribution in [1.82, 2.24) is 5.32 Å². The molecule has 0 heterocycles. The number of rotatable bonds is 8. The molecule has 0 saturated carbocycles. The van der Waals surface area contributed by atoms with E-state index < -0.39 is 0 Å². The maximum atomic E-state index is 3.23. The Labute approximate surface area is 95.7 Å². The van der Waals surface area contributed by atoms with Crippen molar-refractivity contribution in [1.29, 1.82) is 0 Å². The van der Waals surface area contributed by atoms with E-state index >= 15 is 0 Å². The number of nitrogens with one attached hydrogen (secondary N) is 1. The molecule has 0 aliphatic heterocycles. The Kier molecular flexibility index (Phi) is 9.35. The molecule has 0 aliphatic carbocycles. The Morgan fingerprint density at radius 2 is 1.87 bits per heavy atom. The molecule has 0 aromatic carbocycles. The van der Waals surface area contributed by atoms with Crippen molar-refractivity contribution in [3.63, 3.8) is 0 Å². The first kappa shape index (κ1) is 14.3. The summed E-state index contributed by atoms with van der Waals surface area (Å²) in [6, 6.07) is 0. The van der Waals surface area contributed by atoms with E-state index in [0.717, 1.165) is 0 Å². The van der Waals surface area contributed by atoms with Gasteiger partial charge in [0.1, 0.15) is 0 Å². The second-order valence-corrected chi connectivity index (χ2v) is 4.05. The Balaban J connectivity index is 4.05. The minimum atomic E-state index is 1.18. The van der Waals surface area contributed by atoms with Crippen LogP contribution in [0.25, 0.3) is 0 Å². The van der Waals surface area contributed by atoms with Crippen LogP contribution < -0.4 is 5.32 Å². The molecule has 0 aromatic rings. The molecule has 15 heavy (non-hydrogen) atoms.